The summed E-state index contributed by atoms with van der Waals surface area (Å²) in [5, 5.41) is 0.0609. The maximum Gasteiger partial charge on any atom is 0.185 e. The number of hydrogen-bond acceptors (Lipinski definition) is 3. The highest BCUT2D eigenvalue weighted by Crippen LogP contribution is 2.25. The zero-order valence-corrected chi connectivity index (χ0v) is 10.8. The fourth-order valence-corrected chi connectivity index (χ4v) is 2.01. The van der Waals surface area contributed by atoms with Crippen molar-refractivity contribution in [1.29, 1.82) is 0 Å². The number of ketones is 1. The van der Waals surface area contributed by atoms with Gasteiger partial charge in [-0.25, -0.2) is 0 Å². The van der Waals surface area contributed by atoms with Crippen LogP contribution in [0.2, 0.25) is 0 Å². The molecule has 0 aromatic heterocycles. The summed E-state index contributed by atoms with van der Waals surface area (Å²) in [6.45, 7) is 10.9. The minimum Gasteiger partial charge on any atom is -0.299 e. The highest BCUT2D eigenvalue weighted by Gasteiger charge is 2.28. The SMILES string of the molecule is C=CCC(CSC(C)=O)C(=O)C(C)(C)C. The van der Waals surface area contributed by atoms with E-state index in [1.165, 1.54) is 18.7 Å². The highest BCUT2D eigenvalue weighted by atomic mass is 32.2. The number of hydrogen-bond donors (Lipinski definition) is 0. The first-order valence-corrected chi connectivity index (χ1v) is 6.06. The summed E-state index contributed by atoms with van der Waals surface area (Å²) >= 11 is 1.22. The van der Waals surface area contributed by atoms with Gasteiger partial charge in [0.2, 0.25) is 0 Å². The molecule has 0 fully saturated rings. The number of rotatable bonds is 5. The molecule has 0 saturated heterocycles. The van der Waals surface area contributed by atoms with Crippen LogP contribution in [0.5, 0.6) is 0 Å². The van der Waals surface area contributed by atoms with Gasteiger partial charge in [-0.2, -0.15) is 0 Å². The first-order valence-electron chi connectivity index (χ1n) is 5.07. The third-order valence-electron chi connectivity index (χ3n) is 2.05. The van der Waals surface area contributed by atoms with Crippen molar-refractivity contribution in [3.05, 3.63) is 12.7 Å². The summed E-state index contributed by atoms with van der Waals surface area (Å²) in [4.78, 5) is 22.8. The monoisotopic (exact) mass is 228 g/mol. The van der Waals surface area contributed by atoms with Gasteiger partial charge in [0, 0.05) is 24.0 Å². The van der Waals surface area contributed by atoms with E-state index < -0.39 is 0 Å². The van der Waals surface area contributed by atoms with E-state index >= 15 is 0 Å². The molecule has 0 radical (unpaired) electrons. The van der Waals surface area contributed by atoms with E-state index in [0.717, 1.165) is 0 Å². The highest BCUT2D eigenvalue weighted by molar-refractivity contribution is 8.13. The fraction of sp³-hybridized carbons (Fsp3) is 0.667. The fourth-order valence-electron chi connectivity index (χ4n) is 1.28. The second-order valence-corrected chi connectivity index (χ2v) is 5.84. The van der Waals surface area contributed by atoms with Crippen LogP contribution in [0.4, 0.5) is 0 Å². The van der Waals surface area contributed by atoms with Crippen molar-refractivity contribution in [2.45, 2.75) is 34.1 Å². The average Bonchev–Trinajstić information content (AvgIpc) is 2.09. The van der Waals surface area contributed by atoms with E-state index in [0.29, 0.717) is 12.2 Å². The number of carbonyl (C=O) groups is 2. The summed E-state index contributed by atoms with van der Waals surface area (Å²) in [5.74, 6) is 0.685. The molecule has 0 spiro atoms. The lowest BCUT2D eigenvalue weighted by Gasteiger charge is -2.23. The Morgan fingerprint density at radius 3 is 2.27 bits per heavy atom. The molecule has 0 bridgehead atoms. The van der Waals surface area contributed by atoms with Gasteiger partial charge in [-0.15, -0.1) is 6.58 Å². The number of thioether (sulfide) groups is 1. The molecule has 15 heavy (non-hydrogen) atoms. The van der Waals surface area contributed by atoms with Crippen LogP contribution < -0.4 is 0 Å². The molecule has 0 amide bonds. The summed E-state index contributed by atoms with van der Waals surface area (Å²) in [6, 6.07) is 0. The van der Waals surface area contributed by atoms with E-state index in [4.69, 9.17) is 0 Å². The summed E-state index contributed by atoms with van der Waals surface area (Å²) in [6.07, 6.45) is 2.39. The van der Waals surface area contributed by atoms with Crippen molar-refractivity contribution in [3.63, 3.8) is 0 Å². The summed E-state index contributed by atoms with van der Waals surface area (Å²) in [7, 11) is 0. The quantitative estimate of drug-likeness (QED) is 0.678. The molecule has 0 aromatic rings. The number of Topliss-reactive ketones (excluding diaryl/α,β-unsaturated/α-hetero) is 1. The molecule has 0 N–H and O–H groups in total. The molecule has 0 aliphatic rings. The predicted molar refractivity (Wildman–Crippen MR) is 65.9 cm³/mol. The molecule has 0 aliphatic heterocycles. The Labute approximate surface area is 96.5 Å². The van der Waals surface area contributed by atoms with E-state index in [1.54, 1.807) is 6.08 Å². The molecule has 1 atom stereocenters. The van der Waals surface area contributed by atoms with Gasteiger partial charge < -0.3 is 0 Å². The summed E-state index contributed by atoms with van der Waals surface area (Å²) in [5.41, 5.74) is -0.342. The number of carbonyl (C=O) groups excluding carboxylic acids is 2. The molecular formula is C12H20O2S. The van der Waals surface area contributed by atoms with Gasteiger partial charge in [-0.05, 0) is 6.42 Å². The Hall–Kier alpha value is -0.570. The molecule has 0 aliphatic carbocycles. The first kappa shape index (κ1) is 14.4. The van der Waals surface area contributed by atoms with E-state index in [9.17, 15) is 9.59 Å². The van der Waals surface area contributed by atoms with Crippen LogP contribution in [0.3, 0.4) is 0 Å². The van der Waals surface area contributed by atoms with Crippen LogP contribution in [0.15, 0.2) is 12.7 Å². The Balaban J connectivity index is 4.45. The lowest BCUT2D eigenvalue weighted by Crippen LogP contribution is -2.29. The lowest BCUT2D eigenvalue weighted by molar-refractivity contribution is -0.129. The molecule has 0 heterocycles. The minimum atomic E-state index is -0.342. The molecule has 3 heteroatoms. The van der Waals surface area contributed by atoms with Crippen molar-refractivity contribution >= 4 is 22.7 Å². The maximum absolute atomic E-state index is 12.0. The second-order valence-electron chi connectivity index (χ2n) is 4.64. The van der Waals surface area contributed by atoms with Gasteiger partial charge >= 0.3 is 0 Å². The average molecular weight is 228 g/mol. The van der Waals surface area contributed by atoms with Crippen LogP contribution in [0, 0.1) is 11.3 Å². The predicted octanol–water partition coefficient (Wildman–Crippen LogP) is 3.07. The van der Waals surface area contributed by atoms with Crippen molar-refractivity contribution in [3.8, 4) is 0 Å². The van der Waals surface area contributed by atoms with E-state index in [-0.39, 0.29) is 22.2 Å². The summed E-state index contributed by atoms with van der Waals surface area (Å²) < 4.78 is 0. The topological polar surface area (TPSA) is 34.1 Å². The van der Waals surface area contributed by atoms with Gasteiger partial charge in [0.25, 0.3) is 0 Å². The maximum atomic E-state index is 12.0. The largest absolute Gasteiger partial charge is 0.299 e. The molecule has 0 saturated carbocycles. The van der Waals surface area contributed by atoms with Crippen LogP contribution in [0.25, 0.3) is 0 Å². The zero-order chi connectivity index (χ0) is 12.1. The van der Waals surface area contributed by atoms with Crippen LogP contribution in [-0.2, 0) is 9.59 Å². The lowest BCUT2D eigenvalue weighted by atomic mass is 9.82. The van der Waals surface area contributed by atoms with Gasteiger partial charge in [-0.1, -0.05) is 38.6 Å². The third-order valence-corrected chi connectivity index (χ3v) is 3.02. The Bertz CT molecular complexity index is 251. The van der Waals surface area contributed by atoms with Crippen LogP contribution >= 0.6 is 11.8 Å². The Kier molecular flexibility index (Phi) is 5.88. The molecule has 1 unspecified atom stereocenters. The van der Waals surface area contributed by atoms with Gasteiger partial charge in [0.05, 0.1) is 0 Å². The molecule has 0 rings (SSSR count). The third kappa shape index (κ3) is 5.78. The van der Waals surface area contributed by atoms with Crippen LogP contribution in [0.1, 0.15) is 34.1 Å². The van der Waals surface area contributed by atoms with Crippen LogP contribution in [-0.4, -0.2) is 16.7 Å². The molecular weight excluding hydrogens is 208 g/mol. The van der Waals surface area contributed by atoms with Crippen molar-refractivity contribution in [2.24, 2.45) is 11.3 Å². The Morgan fingerprint density at radius 1 is 1.40 bits per heavy atom. The standard InChI is InChI=1S/C12H20O2S/c1-6-7-10(8-15-9(2)13)11(14)12(3,4)5/h6,10H,1,7-8H2,2-5H3. The van der Waals surface area contributed by atoms with Crippen molar-refractivity contribution in [2.75, 3.05) is 5.75 Å². The Morgan fingerprint density at radius 2 is 1.93 bits per heavy atom. The van der Waals surface area contributed by atoms with Crippen molar-refractivity contribution in [1.82, 2.24) is 0 Å². The molecule has 2 nitrogen and oxygen atoms in total. The van der Waals surface area contributed by atoms with Crippen molar-refractivity contribution < 1.29 is 9.59 Å². The van der Waals surface area contributed by atoms with Gasteiger partial charge in [0.15, 0.2) is 5.12 Å². The van der Waals surface area contributed by atoms with E-state index in [1.807, 2.05) is 20.8 Å². The first-order chi connectivity index (χ1) is 6.79. The second kappa shape index (κ2) is 6.11. The smallest absolute Gasteiger partial charge is 0.185 e. The normalized spacial score (nSPS) is 13.3. The van der Waals surface area contributed by atoms with Gasteiger partial charge in [0.1, 0.15) is 5.78 Å². The van der Waals surface area contributed by atoms with Gasteiger partial charge in [-0.3, -0.25) is 9.59 Å². The molecule has 0 aromatic carbocycles. The molecule has 86 valence electrons. The zero-order valence-electron chi connectivity index (χ0n) is 10.0. The van der Waals surface area contributed by atoms with E-state index in [2.05, 4.69) is 6.58 Å². The minimum absolute atomic E-state index is 0.0609. The number of allylic oxidation sites excluding steroid dienone is 1.